The summed E-state index contributed by atoms with van der Waals surface area (Å²) >= 11 is 0. The fourth-order valence-corrected chi connectivity index (χ4v) is 6.58. The Balaban J connectivity index is 1.38. The molecule has 0 unspecified atom stereocenters. The van der Waals surface area contributed by atoms with Gasteiger partial charge in [-0.2, -0.15) is 0 Å². The van der Waals surface area contributed by atoms with E-state index in [2.05, 4.69) is 10.2 Å². The number of benzene rings is 1. The van der Waals surface area contributed by atoms with Crippen LogP contribution in [-0.2, 0) is 19.4 Å². The lowest BCUT2D eigenvalue weighted by molar-refractivity contribution is -0.133. The molecular weight excluding hydrogens is 430 g/mol. The van der Waals surface area contributed by atoms with Crippen molar-refractivity contribution in [2.75, 3.05) is 38.1 Å². The van der Waals surface area contributed by atoms with Crippen LogP contribution in [0.2, 0.25) is 0 Å². The first-order valence-electron chi connectivity index (χ1n) is 11.6. The molecule has 2 amide bonds. The molecule has 0 spiro atoms. The zero-order valence-electron chi connectivity index (χ0n) is 18.9. The number of nitrogens with zero attached hydrogens (tertiary/aromatic N) is 2. The van der Waals surface area contributed by atoms with Crippen molar-refractivity contribution in [1.29, 1.82) is 0 Å². The van der Waals surface area contributed by atoms with Crippen LogP contribution in [0.3, 0.4) is 0 Å². The monoisotopic (exact) mass is 463 g/mol. The van der Waals surface area contributed by atoms with Crippen molar-refractivity contribution in [3.63, 3.8) is 0 Å². The molecule has 1 atom stereocenters. The van der Waals surface area contributed by atoms with Crippen LogP contribution in [0.5, 0.6) is 5.75 Å². The Morgan fingerprint density at radius 3 is 2.53 bits per heavy atom. The first kappa shape index (κ1) is 23.0. The Morgan fingerprint density at radius 2 is 1.84 bits per heavy atom. The molecule has 0 aromatic heterocycles. The maximum absolute atomic E-state index is 13.3. The van der Waals surface area contributed by atoms with Crippen molar-refractivity contribution in [3.05, 3.63) is 17.7 Å². The first-order chi connectivity index (χ1) is 15.3. The van der Waals surface area contributed by atoms with Crippen LogP contribution in [0.1, 0.15) is 51.0 Å². The first-order valence-corrected chi connectivity index (χ1v) is 13.1. The normalized spacial score (nSPS) is 21.4. The Kier molecular flexibility index (Phi) is 6.76. The van der Waals surface area contributed by atoms with Gasteiger partial charge in [-0.25, -0.2) is 8.42 Å². The van der Waals surface area contributed by atoms with Gasteiger partial charge < -0.3 is 15.0 Å². The smallest absolute Gasteiger partial charge is 0.262 e. The topological polar surface area (TPSA) is 96.0 Å². The Bertz CT molecular complexity index is 980. The number of piperazine rings is 1. The molecular formula is C23H33N3O5S. The zero-order chi connectivity index (χ0) is 22.9. The SMILES string of the molecule is Cc1cc2c(cc1S(=O)(=O)[C@H](C)CC(=O)N1CCN(C3CCCCC3)CC1)OCC(=O)N2. The largest absolute Gasteiger partial charge is 0.482 e. The summed E-state index contributed by atoms with van der Waals surface area (Å²) in [6.07, 6.45) is 6.36. The average molecular weight is 464 g/mol. The zero-order valence-corrected chi connectivity index (χ0v) is 19.7. The molecule has 3 aliphatic rings. The lowest BCUT2D eigenvalue weighted by Gasteiger charge is -2.41. The third kappa shape index (κ3) is 4.78. The Labute approximate surface area is 190 Å². The number of anilines is 1. The van der Waals surface area contributed by atoms with Gasteiger partial charge in [0.15, 0.2) is 16.4 Å². The number of ether oxygens (including phenoxy) is 1. The van der Waals surface area contributed by atoms with Crippen molar-refractivity contribution < 1.29 is 22.7 Å². The molecule has 32 heavy (non-hydrogen) atoms. The van der Waals surface area contributed by atoms with Crippen LogP contribution in [-0.4, -0.2) is 74.1 Å². The third-order valence-electron chi connectivity index (χ3n) is 6.97. The minimum atomic E-state index is -3.73. The average Bonchev–Trinajstić information content (AvgIpc) is 2.79. The van der Waals surface area contributed by atoms with Gasteiger partial charge in [-0.15, -0.1) is 0 Å². The summed E-state index contributed by atoms with van der Waals surface area (Å²) in [6, 6.07) is 3.71. The Hall–Kier alpha value is -2.13. The summed E-state index contributed by atoms with van der Waals surface area (Å²) < 4.78 is 31.9. The van der Waals surface area contributed by atoms with Gasteiger partial charge in [0, 0.05) is 44.7 Å². The molecule has 2 aliphatic heterocycles. The molecule has 0 bridgehead atoms. The maximum atomic E-state index is 13.3. The second-order valence-electron chi connectivity index (χ2n) is 9.22. The summed E-state index contributed by atoms with van der Waals surface area (Å²) in [5.74, 6) is -0.0373. The molecule has 9 heteroatoms. The highest BCUT2D eigenvalue weighted by Crippen LogP contribution is 2.34. The van der Waals surface area contributed by atoms with Gasteiger partial charge in [-0.1, -0.05) is 19.3 Å². The minimum absolute atomic E-state index is 0.0418. The fourth-order valence-electron chi connectivity index (χ4n) is 5.01. The molecule has 1 aliphatic carbocycles. The highest BCUT2D eigenvalue weighted by Gasteiger charge is 2.32. The number of hydrogen-bond donors (Lipinski definition) is 1. The van der Waals surface area contributed by atoms with E-state index in [-0.39, 0.29) is 29.7 Å². The molecule has 2 fully saturated rings. The van der Waals surface area contributed by atoms with E-state index >= 15 is 0 Å². The van der Waals surface area contributed by atoms with E-state index in [1.165, 1.54) is 38.2 Å². The van der Waals surface area contributed by atoms with Crippen molar-refractivity contribution in [3.8, 4) is 5.75 Å². The summed E-state index contributed by atoms with van der Waals surface area (Å²) in [6.45, 7) is 6.19. The van der Waals surface area contributed by atoms with Crippen molar-refractivity contribution in [2.24, 2.45) is 0 Å². The highest BCUT2D eigenvalue weighted by atomic mass is 32.2. The molecule has 4 rings (SSSR count). The minimum Gasteiger partial charge on any atom is -0.482 e. The predicted molar refractivity (Wildman–Crippen MR) is 122 cm³/mol. The molecule has 1 N–H and O–H groups in total. The van der Waals surface area contributed by atoms with E-state index in [1.807, 2.05) is 4.90 Å². The van der Waals surface area contributed by atoms with Crippen LogP contribution < -0.4 is 10.1 Å². The van der Waals surface area contributed by atoms with E-state index < -0.39 is 15.1 Å². The van der Waals surface area contributed by atoms with Gasteiger partial charge >= 0.3 is 0 Å². The van der Waals surface area contributed by atoms with E-state index in [0.29, 0.717) is 36.1 Å². The van der Waals surface area contributed by atoms with Crippen LogP contribution >= 0.6 is 0 Å². The van der Waals surface area contributed by atoms with Crippen molar-refractivity contribution >= 4 is 27.3 Å². The molecule has 1 aromatic carbocycles. The molecule has 1 aromatic rings. The number of fused-ring (bicyclic) bond motifs is 1. The lowest BCUT2D eigenvalue weighted by Crippen LogP contribution is -2.52. The van der Waals surface area contributed by atoms with E-state index in [4.69, 9.17) is 4.74 Å². The van der Waals surface area contributed by atoms with Crippen molar-refractivity contribution in [1.82, 2.24) is 9.80 Å². The number of nitrogens with one attached hydrogen (secondary N) is 1. The number of sulfone groups is 1. The second-order valence-corrected chi connectivity index (χ2v) is 11.6. The van der Waals surface area contributed by atoms with Crippen LogP contribution in [0.4, 0.5) is 5.69 Å². The molecule has 2 heterocycles. The summed E-state index contributed by atoms with van der Waals surface area (Å²) in [7, 11) is -3.73. The van der Waals surface area contributed by atoms with Crippen molar-refractivity contribution in [2.45, 2.75) is 68.6 Å². The highest BCUT2D eigenvalue weighted by molar-refractivity contribution is 7.92. The van der Waals surface area contributed by atoms with Crippen LogP contribution in [0, 0.1) is 6.92 Å². The maximum Gasteiger partial charge on any atom is 0.262 e. The molecule has 0 radical (unpaired) electrons. The summed E-state index contributed by atoms with van der Waals surface area (Å²) in [5.41, 5.74) is 0.993. The number of aryl methyl sites for hydroxylation is 1. The number of amides is 2. The van der Waals surface area contributed by atoms with Crippen LogP contribution in [0.15, 0.2) is 17.0 Å². The Morgan fingerprint density at radius 1 is 1.16 bits per heavy atom. The standard InChI is InChI=1S/C23H33N3O5S/c1-16-12-19-20(31-15-22(27)24-19)14-21(16)32(29,30)17(2)13-23(28)26-10-8-25(9-11-26)18-6-4-3-5-7-18/h12,14,17-18H,3-11,13,15H2,1-2H3,(H,24,27)/t17-/m1/s1. The number of carbonyl (C=O) groups excluding carboxylic acids is 2. The van der Waals surface area contributed by atoms with E-state index in [1.54, 1.807) is 19.9 Å². The van der Waals surface area contributed by atoms with Gasteiger partial charge in [-0.05, 0) is 38.3 Å². The molecule has 1 saturated carbocycles. The summed E-state index contributed by atoms with van der Waals surface area (Å²) in [5, 5.41) is 1.84. The van der Waals surface area contributed by atoms with E-state index in [0.717, 1.165) is 13.1 Å². The lowest BCUT2D eigenvalue weighted by atomic mass is 9.94. The molecule has 176 valence electrons. The summed E-state index contributed by atoms with van der Waals surface area (Å²) in [4.78, 5) is 28.9. The molecule has 1 saturated heterocycles. The number of rotatable bonds is 5. The number of hydrogen-bond acceptors (Lipinski definition) is 6. The van der Waals surface area contributed by atoms with Gasteiger partial charge in [0.1, 0.15) is 5.75 Å². The van der Waals surface area contributed by atoms with Gasteiger partial charge in [0.25, 0.3) is 5.91 Å². The fraction of sp³-hybridized carbons (Fsp3) is 0.652. The van der Waals surface area contributed by atoms with Gasteiger partial charge in [0.05, 0.1) is 15.8 Å². The third-order valence-corrected chi connectivity index (χ3v) is 9.25. The van der Waals surface area contributed by atoms with E-state index in [9.17, 15) is 18.0 Å². The quantitative estimate of drug-likeness (QED) is 0.720. The predicted octanol–water partition coefficient (Wildman–Crippen LogP) is 2.36. The molecule has 8 nitrogen and oxygen atoms in total. The second kappa shape index (κ2) is 9.39. The number of carbonyl (C=O) groups is 2. The van der Waals surface area contributed by atoms with Gasteiger partial charge in [-0.3, -0.25) is 14.5 Å². The van der Waals surface area contributed by atoms with Gasteiger partial charge in [0.2, 0.25) is 5.91 Å². The van der Waals surface area contributed by atoms with Crippen LogP contribution in [0.25, 0.3) is 0 Å².